The maximum atomic E-state index is 6.20. The van der Waals surface area contributed by atoms with Gasteiger partial charge in [-0.3, -0.25) is 4.68 Å². The van der Waals surface area contributed by atoms with Crippen LogP contribution in [-0.2, 0) is 13.0 Å². The van der Waals surface area contributed by atoms with Crippen LogP contribution in [0.4, 0.5) is 5.82 Å². The van der Waals surface area contributed by atoms with E-state index in [1.165, 1.54) is 11.3 Å². The lowest BCUT2D eigenvalue weighted by atomic mass is 10.0. The number of benzene rings is 1. The molecule has 0 radical (unpaired) electrons. The number of fused-ring (bicyclic) bond motifs is 3. The van der Waals surface area contributed by atoms with E-state index in [0.717, 1.165) is 29.3 Å². The van der Waals surface area contributed by atoms with Crippen LogP contribution in [0.3, 0.4) is 0 Å². The molecule has 3 heterocycles. The number of pyridine rings is 2. The second-order valence-electron chi connectivity index (χ2n) is 6.78. The second-order valence-corrected chi connectivity index (χ2v) is 6.78. The van der Waals surface area contributed by atoms with Crippen molar-refractivity contribution in [2.24, 2.45) is 5.92 Å². The van der Waals surface area contributed by atoms with E-state index >= 15 is 0 Å². The van der Waals surface area contributed by atoms with Crippen molar-refractivity contribution in [3.8, 4) is 0 Å². The second kappa shape index (κ2) is 6.16. The molecule has 0 saturated heterocycles. The van der Waals surface area contributed by atoms with Crippen molar-refractivity contribution >= 4 is 27.8 Å². The first-order chi connectivity index (χ1) is 12.1. The van der Waals surface area contributed by atoms with Crippen molar-refractivity contribution in [2.45, 2.75) is 26.8 Å². The number of hydrogen-bond acceptors (Lipinski definition) is 4. The third kappa shape index (κ3) is 2.82. The van der Waals surface area contributed by atoms with Crippen LogP contribution in [0.5, 0.6) is 0 Å². The summed E-state index contributed by atoms with van der Waals surface area (Å²) in [6.07, 6.45) is 2.67. The van der Waals surface area contributed by atoms with E-state index in [1.807, 2.05) is 12.1 Å². The van der Waals surface area contributed by atoms with E-state index < -0.39 is 0 Å². The Labute approximate surface area is 146 Å². The lowest BCUT2D eigenvalue weighted by molar-refractivity contribution is 0.578. The van der Waals surface area contributed by atoms with E-state index in [2.05, 4.69) is 58.8 Å². The summed E-state index contributed by atoms with van der Waals surface area (Å²) in [6, 6.07) is 14.4. The molecule has 0 fully saturated rings. The Morgan fingerprint density at radius 3 is 2.64 bits per heavy atom. The summed E-state index contributed by atoms with van der Waals surface area (Å²) in [5.74, 6) is 0.952. The van der Waals surface area contributed by atoms with Crippen LogP contribution >= 0.6 is 0 Å². The summed E-state index contributed by atoms with van der Waals surface area (Å²) in [6.45, 7) is 5.16. The summed E-state index contributed by atoms with van der Waals surface area (Å²) in [7, 11) is 0. The van der Waals surface area contributed by atoms with Gasteiger partial charge in [-0.05, 0) is 30.0 Å². The van der Waals surface area contributed by atoms with E-state index in [9.17, 15) is 0 Å². The number of nitrogens with zero attached hydrogens (tertiary/aromatic N) is 4. The molecule has 1 aromatic carbocycles. The molecule has 4 rings (SSSR count). The first-order valence-corrected chi connectivity index (χ1v) is 8.57. The Kier molecular flexibility index (Phi) is 3.84. The molecule has 0 atom stereocenters. The van der Waals surface area contributed by atoms with Gasteiger partial charge < -0.3 is 5.73 Å². The first-order valence-electron chi connectivity index (χ1n) is 8.57. The number of nitrogens with two attached hydrogens (primary N) is 1. The zero-order valence-electron chi connectivity index (χ0n) is 14.5. The van der Waals surface area contributed by atoms with Crippen molar-refractivity contribution in [3.63, 3.8) is 0 Å². The van der Waals surface area contributed by atoms with Crippen molar-refractivity contribution in [3.05, 3.63) is 59.9 Å². The molecule has 0 bridgehead atoms. The van der Waals surface area contributed by atoms with E-state index in [-0.39, 0.29) is 0 Å². The number of rotatable bonds is 4. The molecular weight excluding hydrogens is 310 g/mol. The highest BCUT2D eigenvalue weighted by molar-refractivity contribution is 6.08. The van der Waals surface area contributed by atoms with Gasteiger partial charge >= 0.3 is 0 Å². The zero-order valence-corrected chi connectivity index (χ0v) is 14.5. The third-order valence-corrected chi connectivity index (χ3v) is 4.36. The number of anilines is 1. The van der Waals surface area contributed by atoms with Gasteiger partial charge in [-0.2, -0.15) is 5.10 Å². The number of nitrogen functional groups attached to an aromatic ring is 1. The zero-order chi connectivity index (χ0) is 17.4. The van der Waals surface area contributed by atoms with E-state index in [1.54, 1.807) is 6.20 Å². The Hall–Kier alpha value is -2.95. The van der Waals surface area contributed by atoms with Gasteiger partial charge in [0.05, 0.1) is 6.54 Å². The minimum atomic E-state index is 0.443. The van der Waals surface area contributed by atoms with Gasteiger partial charge in [0.15, 0.2) is 11.5 Å². The summed E-state index contributed by atoms with van der Waals surface area (Å²) in [5, 5.41) is 6.91. The standard InChI is InChI=1S/C20H21N5/c1-13(2)11-16-17-15-9-6-10-22-20(15)23-19(21)18(17)24-25(16)12-14-7-4-3-5-8-14/h3-10,13H,11-12H2,1-2H3,(H2,21,22,23). The smallest absolute Gasteiger partial charge is 0.162 e. The Bertz CT molecular complexity index is 1030. The van der Waals surface area contributed by atoms with E-state index in [4.69, 9.17) is 10.8 Å². The fourth-order valence-electron chi connectivity index (χ4n) is 3.29. The highest BCUT2D eigenvalue weighted by Crippen LogP contribution is 2.31. The maximum Gasteiger partial charge on any atom is 0.162 e. The minimum Gasteiger partial charge on any atom is -0.382 e. The van der Waals surface area contributed by atoms with Crippen molar-refractivity contribution < 1.29 is 0 Å². The predicted molar refractivity (Wildman–Crippen MR) is 101 cm³/mol. The quantitative estimate of drug-likeness (QED) is 0.617. The Morgan fingerprint density at radius 2 is 1.88 bits per heavy atom. The van der Waals surface area contributed by atoms with Crippen LogP contribution in [0.2, 0.25) is 0 Å². The van der Waals surface area contributed by atoms with Crippen LogP contribution in [0.15, 0.2) is 48.7 Å². The molecule has 0 aliphatic rings. The molecule has 0 amide bonds. The molecule has 3 aromatic heterocycles. The fourth-order valence-corrected chi connectivity index (χ4v) is 3.29. The van der Waals surface area contributed by atoms with Gasteiger partial charge in [-0.15, -0.1) is 0 Å². The van der Waals surface area contributed by atoms with Gasteiger partial charge in [0.2, 0.25) is 0 Å². The van der Waals surface area contributed by atoms with Gasteiger partial charge in [0.25, 0.3) is 0 Å². The van der Waals surface area contributed by atoms with Gasteiger partial charge in [-0.1, -0.05) is 44.2 Å². The monoisotopic (exact) mass is 331 g/mol. The van der Waals surface area contributed by atoms with Crippen molar-refractivity contribution in [2.75, 3.05) is 5.73 Å². The minimum absolute atomic E-state index is 0.443. The summed E-state index contributed by atoms with van der Waals surface area (Å²) in [5.41, 5.74) is 10.1. The van der Waals surface area contributed by atoms with Gasteiger partial charge in [-0.25, -0.2) is 9.97 Å². The topological polar surface area (TPSA) is 69.6 Å². The Balaban J connectivity index is 1.99. The summed E-state index contributed by atoms with van der Waals surface area (Å²) in [4.78, 5) is 8.81. The largest absolute Gasteiger partial charge is 0.382 e. The lowest BCUT2D eigenvalue weighted by Gasteiger charge is -2.11. The Morgan fingerprint density at radius 1 is 1.08 bits per heavy atom. The van der Waals surface area contributed by atoms with Crippen molar-refractivity contribution in [1.82, 2.24) is 19.7 Å². The fraction of sp³-hybridized carbons (Fsp3) is 0.250. The predicted octanol–water partition coefficient (Wildman–Crippen LogP) is 3.81. The van der Waals surface area contributed by atoms with Crippen LogP contribution in [0.1, 0.15) is 25.1 Å². The van der Waals surface area contributed by atoms with E-state index in [0.29, 0.717) is 17.4 Å². The normalized spacial score (nSPS) is 11.6. The molecule has 5 heteroatoms. The molecule has 0 unspecified atom stereocenters. The summed E-state index contributed by atoms with van der Waals surface area (Å²) >= 11 is 0. The average molecular weight is 331 g/mol. The number of aromatic nitrogens is 4. The molecular formula is C20H21N5. The molecule has 4 aromatic rings. The van der Waals surface area contributed by atoms with Gasteiger partial charge in [0, 0.05) is 22.7 Å². The molecule has 0 aliphatic heterocycles. The molecule has 2 N–H and O–H groups in total. The van der Waals surface area contributed by atoms with Crippen LogP contribution < -0.4 is 5.73 Å². The average Bonchev–Trinajstić information content (AvgIpc) is 2.95. The molecule has 0 spiro atoms. The van der Waals surface area contributed by atoms with Gasteiger partial charge in [0.1, 0.15) is 5.52 Å². The molecule has 126 valence electrons. The molecule has 25 heavy (non-hydrogen) atoms. The number of hydrogen-bond donors (Lipinski definition) is 1. The van der Waals surface area contributed by atoms with Crippen molar-refractivity contribution in [1.29, 1.82) is 0 Å². The first kappa shape index (κ1) is 15.6. The lowest BCUT2D eigenvalue weighted by Crippen LogP contribution is -2.08. The molecule has 5 nitrogen and oxygen atoms in total. The summed E-state index contributed by atoms with van der Waals surface area (Å²) < 4.78 is 2.07. The highest BCUT2D eigenvalue weighted by atomic mass is 15.3. The highest BCUT2D eigenvalue weighted by Gasteiger charge is 2.19. The van der Waals surface area contributed by atoms with Crippen LogP contribution in [-0.4, -0.2) is 19.7 Å². The molecule has 0 aliphatic carbocycles. The molecule has 0 saturated carbocycles. The van der Waals surface area contributed by atoms with Crippen LogP contribution in [0, 0.1) is 5.92 Å². The van der Waals surface area contributed by atoms with Crippen LogP contribution in [0.25, 0.3) is 21.9 Å². The maximum absolute atomic E-state index is 6.20. The SMILES string of the molecule is CC(C)Cc1c2c(nn1Cc1ccccc1)c(N)nc1ncccc12. The third-order valence-electron chi connectivity index (χ3n) is 4.36.